The van der Waals surface area contributed by atoms with Crippen molar-refractivity contribution in [2.24, 2.45) is 0 Å². The van der Waals surface area contributed by atoms with Crippen LogP contribution in [-0.2, 0) is 0 Å². The molecule has 0 bridgehead atoms. The van der Waals surface area contributed by atoms with E-state index < -0.39 is 0 Å². The summed E-state index contributed by atoms with van der Waals surface area (Å²) in [6, 6.07) is 1.88. The Morgan fingerprint density at radius 1 is 1.69 bits per heavy atom. The maximum absolute atomic E-state index is 5.84. The van der Waals surface area contributed by atoms with E-state index in [4.69, 9.17) is 12.2 Å². The molecule has 0 saturated heterocycles. The number of pyridine rings is 1. The highest BCUT2D eigenvalue weighted by atomic mass is 15.2. The predicted octanol–water partition coefficient (Wildman–Crippen LogP) is 1.04. The first-order valence-electron chi connectivity index (χ1n) is 4.02. The molecule has 3 heteroatoms. The minimum atomic E-state index is 0.515. The van der Waals surface area contributed by atoms with Crippen molar-refractivity contribution in [3.8, 4) is 12.3 Å². The zero-order chi connectivity index (χ0) is 9.84. The molecule has 0 amide bonds. The van der Waals surface area contributed by atoms with Crippen LogP contribution < -0.4 is 10.6 Å². The number of anilines is 2. The van der Waals surface area contributed by atoms with E-state index in [1.54, 1.807) is 6.20 Å². The lowest BCUT2D eigenvalue weighted by Gasteiger charge is -2.17. The first-order chi connectivity index (χ1) is 6.16. The van der Waals surface area contributed by atoms with E-state index in [0.717, 1.165) is 11.4 Å². The van der Waals surface area contributed by atoms with E-state index in [0.29, 0.717) is 12.2 Å². The van der Waals surface area contributed by atoms with E-state index >= 15 is 0 Å². The highest BCUT2D eigenvalue weighted by molar-refractivity contribution is 5.66. The van der Waals surface area contributed by atoms with Crippen molar-refractivity contribution in [1.82, 2.24) is 4.98 Å². The highest BCUT2D eigenvalue weighted by Gasteiger charge is 2.06. The molecule has 0 radical (unpaired) electrons. The summed E-state index contributed by atoms with van der Waals surface area (Å²) in [6.07, 6.45) is 6.92. The molecule has 0 atom stereocenters. The third-order valence-electron chi connectivity index (χ3n) is 1.88. The van der Waals surface area contributed by atoms with Crippen LogP contribution in [0.2, 0.25) is 0 Å². The largest absolute Gasteiger partial charge is 0.396 e. The standard InChI is InChI=1S/C10H13N3/c1-4-7-13(3)10-9(11)8(2)5-6-12-10/h1,5-6H,7,11H2,2-3H3. The maximum Gasteiger partial charge on any atom is 0.152 e. The average molecular weight is 175 g/mol. The van der Waals surface area contributed by atoms with Crippen molar-refractivity contribution in [3.63, 3.8) is 0 Å². The van der Waals surface area contributed by atoms with Gasteiger partial charge in [-0.2, -0.15) is 0 Å². The fourth-order valence-electron chi connectivity index (χ4n) is 1.07. The van der Waals surface area contributed by atoms with Crippen molar-refractivity contribution in [3.05, 3.63) is 17.8 Å². The van der Waals surface area contributed by atoms with Gasteiger partial charge >= 0.3 is 0 Å². The quantitative estimate of drug-likeness (QED) is 0.683. The number of hydrogen-bond acceptors (Lipinski definition) is 3. The van der Waals surface area contributed by atoms with Crippen molar-refractivity contribution in [2.75, 3.05) is 24.2 Å². The Hall–Kier alpha value is -1.69. The number of aryl methyl sites for hydroxylation is 1. The number of rotatable bonds is 2. The minimum Gasteiger partial charge on any atom is -0.396 e. The van der Waals surface area contributed by atoms with Crippen molar-refractivity contribution in [2.45, 2.75) is 6.92 Å². The van der Waals surface area contributed by atoms with E-state index in [1.807, 2.05) is 24.9 Å². The van der Waals surface area contributed by atoms with Gasteiger partial charge in [0.15, 0.2) is 5.82 Å². The molecule has 13 heavy (non-hydrogen) atoms. The monoisotopic (exact) mass is 175 g/mol. The minimum absolute atomic E-state index is 0.515. The molecule has 0 aliphatic rings. The third kappa shape index (κ3) is 1.91. The lowest BCUT2D eigenvalue weighted by Crippen LogP contribution is -2.20. The van der Waals surface area contributed by atoms with Crippen LogP contribution in [0.25, 0.3) is 0 Å². The molecule has 68 valence electrons. The van der Waals surface area contributed by atoms with E-state index in [9.17, 15) is 0 Å². The number of nitrogen functional groups attached to an aromatic ring is 1. The summed E-state index contributed by atoms with van der Waals surface area (Å²) in [5, 5.41) is 0. The number of aromatic nitrogens is 1. The Morgan fingerprint density at radius 2 is 2.38 bits per heavy atom. The van der Waals surface area contributed by atoms with Crippen molar-refractivity contribution in [1.29, 1.82) is 0 Å². The van der Waals surface area contributed by atoms with Gasteiger partial charge in [0.1, 0.15) is 0 Å². The Bertz CT molecular complexity index is 339. The van der Waals surface area contributed by atoms with Gasteiger partial charge in [-0.25, -0.2) is 4.98 Å². The number of nitrogens with two attached hydrogens (primary N) is 1. The number of hydrogen-bond donors (Lipinski definition) is 1. The first kappa shape index (κ1) is 9.40. The van der Waals surface area contributed by atoms with E-state index in [-0.39, 0.29) is 0 Å². The second-order valence-corrected chi connectivity index (χ2v) is 2.93. The Morgan fingerprint density at radius 3 is 3.00 bits per heavy atom. The number of nitrogens with zero attached hydrogens (tertiary/aromatic N) is 2. The van der Waals surface area contributed by atoms with Crippen LogP contribution in [0.1, 0.15) is 5.56 Å². The van der Waals surface area contributed by atoms with Crippen LogP contribution in [0, 0.1) is 19.3 Å². The van der Waals surface area contributed by atoms with Gasteiger partial charge in [-0.3, -0.25) is 0 Å². The summed E-state index contributed by atoms with van der Waals surface area (Å²) >= 11 is 0. The Labute approximate surface area is 78.6 Å². The van der Waals surface area contributed by atoms with Gasteiger partial charge in [0.25, 0.3) is 0 Å². The van der Waals surface area contributed by atoms with Gasteiger partial charge in [0.05, 0.1) is 12.2 Å². The smallest absolute Gasteiger partial charge is 0.152 e. The third-order valence-corrected chi connectivity index (χ3v) is 1.88. The van der Waals surface area contributed by atoms with Gasteiger partial charge in [-0.15, -0.1) is 6.42 Å². The van der Waals surface area contributed by atoms with Gasteiger partial charge in [-0.05, 0) is 18.6 Å². The zero-order valence-corrected chi connectivity index (χ0v) is 7.91. The second-order valence-electron chi connectivity index (χ2n) is 2.93. The summed E-state index contributed by atoms with van der Waals surface area (Å²) in [4.78, 5) is 6.01. The van der Waals surface area contributed by atoms with E-state index in [1.165, 1.54) is 0 Å². The lowest BCUT2D eigenvalue weighted by molar-refractivity contribution is 1.01. The summed E-state index contributed by atoms with van der Waals surface area (Å²) in [6.45, 7) is 2.46. The molecule has 0 unspecified atom stereocenters. The summed E-state index contributed by atoms with van der Waals surface area (Å²) in [5.41, 5.74) is 7.56. The first-order valence-corrected chi connectivity index (χ1v) is 4.02. The average Bonchev–Trinajstić information content (AvgIpc) is 2.10. The van der Waals surface area contributed by atoms with Gasteiger partial charge in [0.2, 0.25) is 0 Å². The molecule has 0 fully saturated rings. The second kappa shape index (κ2) is 3.81. The molecule has 0 aliphatic carbocycles. The number of terminal acetylenes is 1. The van der Waals surface area contributed by atoms with Crippen LogP contribution in [-0.4, -0.2) is 18.6 Å². The molecule has 0 aliphatic heterocycles. The molecule has 0 saturated carbocycles. The molecule has 1 aromatic rings. The normalized spacial score (nSPS) is 9.31. The molecule has 3 nitrogen and oxygen atoms in total. The molecule has 1 rings (SSSR count). The van der Waals surface area contributed by atoms with Gasteiger partial charge < -0.3 is 10.6 Å². The van der Waals surface area contributed by atoms with Crippen molar-refractivity contribution < 1.29 is 0 Å². The zero-order valence-electron chi connectivity index (χ0n) is 7.91. The van der Waals surface area contributed by atoms with Crippen LogP contribution in [0.15, 0.2) is 12.3 Å². The molecule has 0 aromatic carbocycles. The Balaban J connectivity index is 3.02. The topological polar surface area (TPSA) is 42.2 Å². The summed E-state index contributed by atoms with van der Waals surface area (Å²) in [5.74, 6) is 3.29. The van der Waals surface area contributed by atoms with Crippen LogP contribution >= 0.6 is 0 Å². The fraction of sp³-hybridized carbons (Fsp3) is 0.300. The van der Waals surface area contributed by atoms with Crippen LogP contribution in [0.4, 0.5) is 11.5 Å². The summed E-state index contributed by atoms with van der Waals surface area (Å²) in [7, 11) is 1.87. The maximum atomic E-state index is 5.84. The highest BCUT2D eigenvalue weighted by Crippen LogP contribution is 2.21. The predicted molar refractivity (Wildman–Crippen MR) is 55.5 cm³/mol. The van der Waals surface area contributed by atoms with Crippen LogP contribution in [0.3, 0.4) is 0 Å². The molecule has 1 aromatic heterocycles. The molecule has 2 N–H and O–H groups in total. The Kier molecular flexibility index (Phi) is 2.76. The van der Waals surface area contributed by atoms with Crippen LogP contribution in [0.5, 0.6) is 0 Å². The lowest BCUT2D eigenvalue weighted by atomic mass is 10.2. The molecular weight excluding hydrogens is 162 g/mol. The van der Waals surface area contributed by atoms with Crippen molar-refractivity contribution >= 4 is 11.5 Å². The SMILES string of the molecule is C#CCN(C)c1nccc(C)c1N. The van der Waals surface area contributed by atoms with Gasteiger partial charge in [-0.1, -0.05) is 5.92 Å². The fourth-order valence-corrected chi connectivity index (χ4v) is 1.07. The summed E-state index contributed by atoms with van der Waals surface area (Å²) < 4.78 is 0. The molecular formula is C10H13N3. The molecule has 0 spiro atoms. The van der Waals surface area contributed by atoms with E-state index in [2.05, 4.69) is 10.9 Å². The van der Waals surface area contributed by atoms with Gasteiger partial charge in [0, 0.05) is 13.2 Å². The molecule has 1 heterocycles.